The fourth-order valence-corrected chi connectivity index (χ4v) is 3.12. The van der Waals surface area contributed by atoms with Crippen LogP contribution in [0.25, 0.3) is 0 Å². The highest BCUT2D eigenvalue weighted by Gasteiger charge is 2.17. The Hall–Kier alpha value is -2.56. The van der Waals surface area contributed by atoms with Crippen LogP contribution in [0.5, 0.6) is 5.75 Å². The first-order valence-corrected chi connectivity index (χ1v) is 9.52. The Bertz CT molecular complexity index is 696. The van der Waals surface area contributed by atoms with Gasteiger partial charge in [-0.25, -0.2) is 4.99 Å². The van der Waals surface area contributed by atoms with Crippen LogP contribution in [0, 0.1) is 0 Å². The summed E-state index contributed by atoms with van der Waals surface area (Å²) in [7, 11) is 0. The zero-order valence-corrected chi connectivity index (χ0v) is 15.4. The summed E-state index contributed by atoms with van der Waals surface area (Å²) >= 11 is 0. The molecule has 2 aromatic rings. The van der Waals surface area contributed by atoms with Gasteiger partial charge in [0.2, 0.25) is 0 Å². The summed E-state index contributed by atoms with van der Waals surface area (Å²) in [6, 6.07) is 14.1. The quantitative estimate of drug-likeness (QED) is 0.590. The molecule has 1 heterocycles. The van der Waals surface area contributed by atoms with Crippen LogP contribution in [0.1, 0.15) is 43.9 Å². The van der Waals surface area contributed by atoms with Crippen LogP contribution in [-0.4, -0.2) is 23.6 Å². The van der Waals surface area contributed by atoms with Gasteiger partial charge in [-0.2, -0.15) is 0 Å². The zero-order chi connectivity index (χ0) is 18.0. The van der Waals surface area contributed by atoms with Crippen molar-refractivity contribution in [2.24, 2.45) is 4.99 Å². The summed E-state index contributed by atoms with van der Waals surface area (Å²) in [5.74, 6) is 1.75. The average molecular weight is 352 g/mol. The molecule has 0 spiro atoms. The van der Waals surface area contributed by atoms with E-state index < -0.39 is 0 Å². The van der Waals surface area contributed by atoms with Gasteiger partial charge in [-0.3, -0.25) is 4.98 Å². The SMILES string of the molecule is CCNC(=NCc1ccccc1OC1CCCC1)NCc1ccccn1. The molecule has 1 saturated carbocycles. The number of nitrogens with one attached hydrogen (secondary N) is 2. The number of aliphatic imine (C=N–C) groups is 1. The number of ether oxygens (including phenoxy) is 1. The first-order valence-electron chi connectivity index (χ1n) is 9.52. The van der Waals surface area contributed by atoms with Crippen LogP contribution in [-0.2, 0) is 13.1 Å². The topological polar surface area (TPSA) is 58.5 Å². The number of rotatable bonds is 7. The van der Waals surface area contributed by atoms with Crippen molar-refractivity contribution in [1.29, 1.82) is 0 Å². The predicted octanol–water partition coefficient (Wildman–Crippen LogP) is 3.66. The van der Waals surface area contributed by atoms with Crippen molar-refractivity contribution >= 4 is 5.96 Å². The Balaban J connectivity index is 1.63. The maximum atomic E-state index is 6.21. The number of para-hydroxylation sites is 1. The lowest BCUT2D eigenvalue weighted by molar-refractivity contribution is 0.208. The Morgan fingerprint density at radius 2 is 1.92 bits per heavy atom. The van der Waals surface area contributed by atoms with Gasteiger partial charge >= 0.3 is 0 Å². The van der Waals surface area contributed by atoms with E-state index in [0.29, 0.717) is 19.2 Å². The van der Waals surface area contributed by atoms with E-state index in [1.54, 1.807) is 6.20 Å². The lowest BCUT2D eigenvalue weighted by atomic mass is 10.2. The van der Waals surface area contributed by atoms with Gasteiger partial charge in [0.05, 0.1) is 24.9 Å². The van der Waals surface area contributed by atoms with E-state index in [-0.39, 0.29) is 0 Å². The van der Waals surface area contributed by atoms with Gasteiger partial charge in [-0.15, -0.1) is 0 Å². The molecule has 0 atom stereocenters. The summed E-state index contributed by atoms with van der Waals surface area (Å²) in [4.78, 5) is 9.06. The third-order valence-corrected chi connectivity index (χ3v) is 4.48. The van der Waals surface area contributed by atoms with Gasteiger partial charge in [0, 0.05) is 18.3 Å². The Kier molecular flexibility index (Phi) is 6.88. The van der Waals surface area contributed by atoms with E-state index in [0.717, 1.165) is 42.4 Å². The Morgan fingerprint density at radius 1 is 1.12 bits per heavy atom. The second-order valence-electron chi connectivity index (χ2n) is 6.50. The minimum atomic E-state index is 0.357. The normalized spacial score (nSPS) is 15.0. The molecule has 1 fully saturated rings. The molecule has 0 amide bonds. The molecule has 0 saturated heterocycles. The van der Waals surface area contributed by atoms with E-state index >= 15 is 0 Å². The standard InChI is InChI=1S/C21H28N4O/c1-2-22-21(25-16-18-10-7-8-14-23-18)24-15-17-9-3-6-13-20(17)26-19-11-4-5-12-19/h3,6-10,13-14,19H,2,4-5,11-12,15-16H2,1H3,(H2,22,24,25). The second-order valence-corrected chi connectivity index (χ2v) is 6.50. The van der Waals surface area contributed by atoms with Gasteiger partial charge in [0.15, 0.2) is 5.96 Å². The lowest BCUT2D eigenvalue weighted by Gasteiger charge is -2.16. The number of benzene rings is 1. The maximum Gasteiger partial charge on any atom is 0.191 e. The van der Waals surface area contributed by atoms with Crippen LogP contribution >= 0.6 is 0 Å². The molecular weight excluding hydrogens is 324 g/mol. The zero-order valence-electron chi connectivity index (χ0n) is 15.4. The molecule has 1 aliphatic rings. The molecule has 1 aromatic heterocycles. The monoisotopic (exact) mass is 352 g/mol. The summed E-state index contributed by atoms with van der Waals surface area (Å²) in [6.45, 7) is 4.11. The van der Waals surface area contributed by atoms with Crippen LogP contribution in [0.15, 0.2) is 53.7 Å². The molecule has 0 radical (unpaired) electrons. The smallest absolute Gasteiger partial charge is 0.191 e. The van der Waals surface area contributed by atoms with Crippen LogP contribution in [0.2, 0.25) is 0 Å². The van der Waals surface area contributed by atoms with E-state index in [1.807, 2.05) is 30.3 Å². The molecule has 5 heteroatoms. The minimum Gasteiger partial charge on any atom is -0.490 e. The van der Waals surface area contributed by atoms with E-state index in [9.17, 15) is 0 Å². The van der Waals surface area contributed by atoms with Gasteiger partial charge in [-0.1, -0.05) is 24.3 Å². The summed E-state index contributed by atoms with van der Waals surface area (Å²) in [5, 5.41) is 6.62. The molecule has 0 unspecified atom stereocenters. The van der Waals surface area contributed by atoms with Crippen molar-refractivity contribution < 1.29 is 4.74 Å². The number of nitrogens with zero attached hydrogens (tertiary/aromatic N) is 2. The fraction of sp³-hybridized carbons (Fsp3) is 0.429. The number of guanidine groups is 1. The van der Waals surface area contributed by atoms with Gasteiger partial charge in [-0.05, 0) is 50.8 Å². The average Bonchev–Trinajstić information content (AvgIpc) is 3.19. The molecule has 1 aromatic carbocycles. The number of hydrogen-bond donors (Lipinski definition) is 2. The first kappa shape index (κ1) is 18.2. The summed E-state index contributed by atoms with van der Waals surface area (Å²) in [5.41, 5.74) is 2.11. The molecule has 2 N–H and O–H groups in total. The number of hydrogen-bond acceptors (Lipinski definition) is 3. The third-order valence-electron chi connectivity index (χ3n) is 4.48. The summed E-state index contributed by atoms with van der Waals surface area (Å²) < 4.78 is 6.21. The van der Waals surface area contributed by atoms with Gasteiger partial charge in [0.1, 0.15) is 5.75 Å². The van der Waals surface area contributed by atoms with Crippen molar-refractivity contribution in [2.45, 2.75) is 51.8 Å². The Labute approximate surface area is 155 Å². The first-order chi connectivity index (χ1) is 12.8. The third kappa shape index (κ3) is 5.48. The molecule has 0 bridgehead atoms. The molecule has 5 nitrogen and oxygen atoms in total. The predicted molar refractivity (Wildman–Crippen MR) is 105 cm³/mol. The highest BCUT2D eigenvalue weighted by atomic mass is 16.5. The van der Waals surface area contributed by atoms with Gasteiger partial charge in [0.25, 0.3) is 0 Å². The fourth-order valence-electron chi connectivity index (χ4n) is 3.12. The largest absolute Gasteiger partial charge is 0.490 e. The van der Waals surface area contributed by atoms with E-state index in [1.165, 1.54) is 12.8 Å². The Morgan fingerprint density at radius 3 is 2.69 bits per heavy atom. The second kappa shape index (κ2) is 9.80. The highest BCUT2D eigenvalue weighted by molar-refractivity contribution is 5.79. The number of aromatic nitrogens is 1. The molecule has 26 heavy (non-hydrogen) atoms. The molecule has 0 aliphatic heterocycles. The van der Waals surface area contributed by atoms with Crippen LogP contribution < -0.4 is 15.4 Å². The van der Waals surface area contributed by atoms with Crippen molar-refractivity contribution in [2.75, 3.05) is 6.54 Å². The highest BCUT2D eigenvalue weighted by Crippen LogP contribution is 2.26. The maximum absolute atomic E-state index is 6.21. The van der Waals surface area contributed by atoms with Gasteiger partial charge < -0.3 is 15.4 Å². The molecular formula is C21H28N4O. The van der Waals surface area contributed by atoms with Crippen molar-refractivity contribution in [3.05, 3.63) is 59.9 Å². The minimum absolute atomic E-state index is 0.357. The van der Waals surface area contributed by atoms with E-state index in [4.69, 9.17) is 9.73 Å². The van der Waals surface area contributed by atoms with E-state index in [2.05, 4.69) is 34.7 Å². The van der Waals surface area contributed by atoms with Crippen molar-refractivity contribution in [3.63, 3.8) is 0 Å². The van der Waals surface area contributed by atoms with Crippen LogP contribution in [0.3, 0.4) is 0 Å². The van der Waals surface area contributed by atoms with Crippen molar-refractivity contribution in [1.82, 2.24) is 15.6 Å². The molecule has 138 valence electrons. The number of pyridine rings is 1. The van der Waals surface area contributed by atoms with Crippen molar-refractivity contribution in [3.8, 4) is 5.75 Å². The molecule has 1 aliphatic carbocycles. The summed E-state index contributed by atoms with van der Waals surface area (Å²) in [6.07, 6.45) is 7.02. The van der Waals surface area contributed by atoms with Crippen LogP contribution in [0.4, 0.5) is 0 Å². The lowest BCUT2D eigenvalue weighted by Crippen LogP contribution is -2.37. The molecule has 3 rings (SSSR count).